The van der Waals surface area contributed by atoms with Gasteiger partial charge in [0.25, 0.3) is 11.5 Å². The molecule has 1 fully saturated rings. The Kier molecular flexibility index (Phi) is 3.32. The Morgan fingerprint density at radius 1 is 1.48 bits per heavy atom. The summed E-state index contributed by atoms with van der Waals surface area (Å²) in [7, 11) is 0. The molecule has 110 valence electrons. The van der Waals surface area contributed by atoms with Gasteiger partial charge >= 0.3 is 0 Å². The van der Waals surface area contributed by atoms with Gasteiger partial charge in [-0.05, 0) is 26.2 Å². The van der Waals surface area contributed by atoms with E-state index in [1.807, 2.05) is 6.92 Å². The Balaban J connectivity index is 1.89. The minimum atomic E-state index is -0.470. The zero-order chi connectivity index (χ0) is 15.0. The van der Waals surface area contributed by atoms with E-state index in [1.54, 1.807) is 13.1 Å². The minimum absolute atomic E-state index is 0.0519. The van der Waals surface area contributed by atoms with Crippen LogP contribution in [0.5, 0.6) is 0 Å². The standard InChI is InChI=1S/C14H17N5O2/c1-3-8-6-15-19-12(8)18-14(21)10-7(2)16-11(9-4-5-9)17-13(10)20/h6,9H,3-5H2,1-2H3,(H,16,17,20)(H2,15,18,19,21). The van der Waals surface area contributed by atoms with Crippen molar-refractivity contribution >= 4 is 11.7 Å². The number of carbonyl (C=O) groups is 1. The van der Waals surface area contributed by atoms with Crippen LogP contribution >= 0.6 is 0 Å². The van der Waals surface area contributed by atoms with Gasteiger partial charge in [-0.15, -0.1) is 0 Å². The van der Waals surface area contributed by atoms with Crippen molar-refractivity contribution in [2.24, 2.45) is 0 Å². The third kappa shape index (κ3) is 2.58. The maximum atomic E-state index is 12.3. The van der Waals surface area contributed by atoms with Gasteiger partial charge in [-0.3, -0.25) is 14.7 Å². The first-order valence-electron chi connectivity index (χ1n) is 7.04. The fraction of sp³-hybridized carbons (Fsp3) is 0.429. The van der Waals surface area contributed by atoms with E-state index in [1.165, 1.54) is 0 Å². The van der Waals surface area contributed by atoms with Crippen molar-refractivity contribution in [3.8, 4) is 0 Å². The van der Waals surface area contributed by atoms with E-state index >= 15 is 0 Å². The predicted molar refractivity (Wildman–Crippen MR) is 77.5 cm³/mol. The molecule has 0 saturated heterocycles. The maximum Gasteiger partial charge on any atom is 0.264 e. The highest BCUT2D eigenvalue weighted by atomic mass is 16.2. The highest BCUT2D eigenvalue weighted by Crippen LogP contribution is 2.37. The van der Waals surface area contributed by atoms with E-state index < -0.39 is 5.91 Å². The summed E-state index contributed by atoms with van der Waals surface area (Å²) >= 11 is 0. The lowest BCUT2D eigenvalue weighted by atomic mass is 10.2. The van der Waals surface area contributed by atoms with Gasteiger partial charge in [0.1, 0.15) is 17.2 Å². The Morgan fingerprint density at radius 2 is 2.24 bits per heavy atom. The van der Waals surface area contributed by atoms with Gasteiger partial charge in [0, 0.05) is 11.5 Å². The van der Waals surface area contributed by atoms with E-state index in [9.17, 15) is 9.59 Å². The number of rotatable bonds is 4. The van der Waals surface area contributed by atoms with Crippen LogP contribution in [0.15, 0.2) is 11.0 Å². The maximum absolute atomic E-state index is 12.3. The Morgan fingerprint density at radius 3 is 2.86 bits per heavy atom. The molecule has 1 saturated carbocycles. The number of hydrogen-bond donors (Lipinski definition) is 3. The summed E-state index contributed by atoms with van der Waals surface area (Å²) in [6.45, 7) is 3.65. The van der Waals surface area contributed by atoms with Crippen molar-refractivity contribution in [2.45, 2.75) is 39.0 Å². The summed E-state index contributed by atoms with van der Waals surface area (Å²) in [5.41, 5.74) is 1.01. The molecule has 3 rings (SSSR count). The Labute approximate surface area is 121 Å². The van der Waals surface area contributed by atoms with E-state index in [0.717, 1.165) is 24.8 Å². The second kappa shape index (κ2) is 5.16. The molecular weight excluding hydrogens is 270 g/mol. The van der Waals surface area contributed by atoms with Crippen molar-refractivity contribution in [3.63, 3.8) is 0 Å². The van der Waals surface area contributed by atoms with Crippen molar-refractivity contribution in [2.75, 3.05) is 5.32 Å². The highest BCUT2D eigenvalue weighted by Gasteiger charge is 2.28. The van der Waals surface area contributed by atoms with Gasteiger partial charge in [-0.25, -0.2) is 4.98 Å². The topological polar surface area (TPSA) is 104 Å². The monoisotopic (exact) mass is 287 g/mol. The van der Waals surface area contributed by atoms with Gasteiger partial charge in [-0.2, -0.15) is 5.10 Å². The molecule has 0 spiro atoms. The van der Waals surface area contributed by atoms with Crippen LogP contribution in [0.25, 0.3) is 0 Å². The lowest BCUT2D eigenvalue weighted by Crippen LogP contribution is -2.27. The number of H-pyrrole nitrogens is 2. The number of anilines is 1. The number of amides is 1. The number of hydrogen-bond acceptors (Lipinski definition) is 4. The normalized spacial score (nSPS) is 14.2. The van der Waals surface area contributed by atoms with Crippen molar-refractivity contribution in [3.05, 3.63) is 39.2 Å². The Hall–Kier alpha value is -2.44. The molecule has 3 N–H and O–H groups in total. The summed E-state index contributed by atoms with van der Waals surface area (Å²) in [4.78, 5) is 31.5. The molecule has 0 bridgehead atoms. The molecule has 7 nitrogen and oxygen atoms in total. The first-order chi connectivity index (χ1) is 10.1. The lowest BCUT2D eigenvalue weighted by molar-refractivity contribution is 0.102. The third-order valence-corrected chi connectivity index (χ3v) is 3.65. The van der Waals surface area contributed by atoms with Crippen LogP contribution in [0.1, 0.15) is 53.1 Å². The smallest absolute Gasteiger partial charge is 0.264 e. The van der Waals surface area contributed by atoms with Crippen molar-refractivity contribution in [1.82, 2.24) is 20.2 Å². The quantitative estimate of drug-likeness (QED) is 0.792. The third-order valence-electron chi connectivity index (χ3n) is 3.65. The molecule has 2 aromatic rings. The molecule has 0 atom stereocenters. The van der Waals surface area contributed by atoms with Crippen LogP contribution in [0.2, 0.25) is 0 Å². The summed E-state index contributed by atoms with van der Waals surface area (Å²) < 4.78 is 0. The number of aromatic nitrogens is 4. The summed E-state index contributed by atoms with van der Waals surface area (Å²) in [5.74, 6) is 1.08. The largest absolute Gasteiger partial charge is 0.310 e. The molecule has 7 heteroatoms. The van der Waals surface area contributed by atoms with Gasteiger partial charge < -0.3 is 10.3 Å². The molecule has 1 aliphatic carbocycles. The Bertz CT molecular complexity index is 742. The van der Waals surface area contributed by atoms with Crippen molar-refractivity contribution < 1.29 is 4.79 Å². The van der Waals surface area contributed by atoms with E-state index in [-0.39, 0.29) is 11.1 Å². The molecule has 0 aliphatic heterocycles. The first-order valence-corrected chi connectivity index (χ1v) is 7.04. The number of carbonyl (C=O) groups excluding carboxylic acids is 1. The molecule has 2 heterocycles. The van der Waals surface area contributed by atoms with Crippen LogP contribution in [0, 0.1) is 6.92 Å². The summed E-state index contributed by atoms with van der Waals surface area (Å²) in [6.07, 6.45) is 4.48. The van der Waals surface area contributed by atoms with Gasteiger partial charge in [0.05, 0.1) is 11.9 Å². The molecular formula is C14H17N5O2. The minimum Gasteiger partial charge on any atom is -0.310 e. The summed E-state index contributed by atoms with van der Waals surface area (Å²) in [6, 6.07) is 0. The van der Waals surface area contributed by atoms with Crippen LogP contribution in [-0.2, 0) is 6.42 Å². The van der Waals surface area contributed by atoms with Crippen LogP contribution in [0.4, 0.5) is 5.82 Å². The molecule has 0 unspecified atom stereocenters. The number of nitrogens with zero attached hydrogens (tertiary/aromatic N) is 2. The first kappa shape index (κ1) is 13.5. The van der Waals surface area contributed by atoms with E-state index in [4.69, 9.17) is 0 Å². The summed E-state index contributed by atoms with van der Waals surface area (Å²) in [5, 5.41) is 9.30. The van der Waals surface area contributed by atoms with Crippen molar-refractivity contribution in [1.29, 1.82) is 0 Å². The van der Waals surface area contributed by atoms with Crippen LogP contribution in [0.3, 0.4) is 0 Å². The van der Waals surface area contributed by atoms with E-state index in [0.29, 0.717) is 23.3 Å². The van der Waals surface area contributed by atoms with Gasteiger partial charge in [-0.1, -0.05) is 6.92 Å². The van der Waals surface area contributed by atoms with Gasteiger partial charge in [0.15, 0.2) is 0 Å². The van der Waals surface area contributed by atoms with Crippen LogP contribution in [-0.4, -0.2) is 26.1 Å². The lowest BCUT2D eigenvalue weighted by Gasteiger charge is -2.07. The zero-order valence-corrected chi connectivity index (χ0v) is 12.0. The molecule has 21 heavy (non-hydrogen) atoms. The van der Waals surface area contributed by atoms with Crippen LogP contribution < -0.4 is 10.9 Å². The molecule has 1 aliphatic rings. The number of aryl methyl sites for hydroxylation is 2. The second-order valence-electron chi connectivity index (χ2n) is 5.26. The highest BCUT2D eigenvalue weighted by molar-refractivity contribution is 6.04. The second-order valence-corrected chi connectivity index (χ2v) is 5.26. The number of nitrogens with one attached hydrogen (secondary N) is 3. The van der Waals surface area contributed by atoms with Gasteiger partial charge in [0.2, 0.25) is 0 Å². The number of aromatic amines is 2. The molecule has 2 aromatic heterocycles. The van der Waals surface area contributed by atoms with E-state index in [2.05, 4.69) is 25.5 Å². The molecule has 1 amide bonds. The predicted octanol–water partition coefficient (Wildman–Crippen LogP) is 1.49. The fourth-order valence-electron chi connectivity index (χ4n) is 2.29. The average Bonchev–Trinajstić information content (AvgIpc) is 3.19. The SMILES string of the molecule is CCc1cn[nH]c1NC(=O)c1c(C)nc(C2CC2)[nH]c1=O. The molecule has 0 radical (unpaired) electrons. The fourth-order valence-corrected chi connectivity index (χ4v) is 2.29. The molecule has 0 aromatic carbocycles. The zero-order valence-electron chi connectivity index (χ0n) is 12.0. The average molecular weight is 287 g/mol.